The molecule has 1 aliphatic heterocycles. The maximum absolute atomic E-state index is 13.7. The van der Waals surface area contributed by atoms with Crippen LogP contribution >= 0.6 is 15.9 Å². The summed E-state index contributed by atoms with van der Waals surface area (Å²) in [5.74, 6) is 0.764. The summed E-state index contributed by atoms with van der Waals surface area (Å²) in [4.78, 5) is 2.37. The van der Waals surface area contributed by atoms with Gasteiger partial charge in [0.1, 0.15) is 5.82 Å². The molecule has 1 aliphatic carbocycles. The van der Waals surface area contributed by atoms with Crippen molar-refractivity contribution in [2.75, 3.05) is 19.6 Å². The predicted molar refractivity (Wildman–Crippen MR) is 73.9 cm³/mol. The first-order valence-corrected chi connectivity index (χ1v) is 7.41. The molecule has 1 heterocycles. The molecule has 0 aromatic heterocycles. The Morgan fingerprint density at radius 2 is 2.22 bits per heavy atom. The minimum Gasteiger partial charge on any atom is -0.311 e. The van der Waals surface area contributed by atoms with Crippen LogP contribution in [-0.4, -0.2) is 30.6 Å². The average molecular weight is 313 g/mol. The monoisotopic (exact) mass is 312 g/mol. The van der Waals surface area contributed by atoms with E-state index in [2.05, 4.69) is 26.1 Å². The van der Waals surface area contributed by atoms with Gasteiger partial charge in [-0.25, -0.2) is 4.39 Å². The topological polar surface area (TPSA) is 15.3 Å². The molecule has 1 aromatic carbocycles. The Morgan fingerprint density at radius 1 is 1.39 bits per heavy atom. The third-order valence-corrected chi connectivity index (χ3v) is 4.38. The van der Waals surface area contributed by atoms with Gasteiger partial charge in [0.25, 0.3) is 0 Å². The predicted octanol–water partition coefficient (Wildman–Crippen LogP) is 2.77. The maximum atomic E-state index is 13.7. The summed E-state index contributed by atoms with van der Waals surface area (Å²) in [7, 11) is 0. The summed E-state index contributed by atoms with van der Waals surface area (Å²) in [6.45, 7) is 3.80. The first kappa shape index (κ1) is 12.6. The van der Waals surface area contributed by atoms with Crippen molar-refractivity contribution in [3.63, 3.8) is 0 Å². The zero-order chi connectivity index (χ0) is 12.5. The summed E-state index contributed by atoms with van der Waals surface area (Å²) < 4.78 is 14.7. The molecule has 1 N–H and O–H groups in total. The van der Waals surface area contributed by atoms with E-state index in [9.17, 15) is 4.39 Å². The van der Waals surface area contributed by atoms with E-state index in [1.165, 1.54) is 12.8 Å². The minimum absolute atomic E-state index is 0.0975. The molecule has 1 atom stereocenters. The molecular weight excluding hydrogens is 295 g/mol. The third kappa shape index (κ3) is 2.92. The molecule has 0 bridgehead atoms. The number of piperazine rings is 1. The maximum Gasteiger partial charge on any atom is 0.127 e. The highest BCUT2D eigenvalue weighted by Crippen LogP contribution is 2.33. The molecule has 98 valence electrons. The van der Waals surface area contributed by atoms with Crippen LogP contribution in [0.5, 0.6) is 0 Å². The molecule has 2 nitrogen and oxygen atoms in total. The fourth-order valence-corrected chi connectivity index (χ4v) is 3.11. The largest absolute Gasteiger partial charge is 0.311 e. The van der Waals surface area contributed by atoms with E-state index in [4.69, 9.17) is 0 Å². The lowest BCUT2D eigenvalue weighted by Gasteiger charge is -2.34. The Morgan fingerprint density at radius 3 is 3.00 bits per heavy atom. The molecule has 4 heteroatoms. The van der Waals surface area contributed by atoms with E-state index in [0.29, 0.717) is 6.04 Å². The molecule has 1 unspecified atom stereocenters. The molecule has 1 saturated carbocycles. The van der Waals surface area contributed by atoms with Gasteiger partial charge in [0, 0.05) is 42.3 Å². The Balaban J connectivity index is 1.65. The van der Waals surface area contributed by atoms with E-state index in [1.807, 2.05) is 6.07 Å². The van der Waals surface area contributed by atoms with Crippen LogP contribution in [0.3, 0.4) is 0 Å². The van der Waals surface area contributed by atoms with Gasteiger partial charge in [-0.3, -0.25) is 4.90 Å². The number of hydrogen-bond acceptors (Lipinski definition) is 2. The Hall–Kier alpha value is -0.450. The van der Waals surface area contributed by atoms with Gasteiger partial charge in [0.2, 0.25) is 0 Å². The Labute approximate surface area is 116 Å². The van der Waals surface area contributed by atoms with Crippen molar-refractivity contribution in [3.8, 4) is 0 Å². The third-order valence-electron chi connectivity index (χ3n) is 3.88. The van der Waals surface area contributed by atoms with E-state index in [1.54, 1.807) is 12.1 Å². The van der Waals surface area contributed by atoms with Crippen molar-refractivity contribution in [2.45, 2.75) is 25.4 Å². The molecule has 18 heavy (non-hydrogen) atoms. The van der Waals surface area contributed by atoms with Crippen LogP contribution in [0.15, 0.2) is 22.7 Å². The highest BCUT2D eigenvalue weighted by Gasteiger charge is 2.33. The fourth-order valence-electron chi connectivity index (χ4n) is 2.71. The summed E-state index contributed by atoms with van der Waals surface area (Å²) in [6.07, 6.45) is 2.72. The van der Waals surface area contributed by atoms with Crippen LogP contribution in [0.2, 0.25) is 0 Å². The van der Waals surface area contributed by atoms with E-state index < -0.39 is 0 Å². The summed E-state index contributed by atoms with van der Waals surface area (Å²) >= 11 is 3.41. The van der Waals surface area contributed by atoms with Crippen LogP contribution < -0.4 is 5.32 Å². The average Bonchev–Trinajstić information content (AvgIpc) is 3.18. The minimum atomic E-state index is -0.0975. The van der Waals surface area contributed by atoms with Crippen molar-refractivity contribution in [2.24, 2.45) is 5.92 Å². The quantitative estimate of drug-likeness (QED) is 0.923. The highest BCUT2D eigenvalue weighted by molar-refractivity contribution is 9.10. The van der Waals surface area contributed by atoms with Crippen LogP contribution in [0.1, 0.15) is 18.4 Å². The zero-order valence-corrected chi connectivity index (χ0v) is 11.9. The number of nitrogens with zero attached hydrogens (tertiary/aromatic N) is 1. The van der Waals surface area contributed by atoms with Crippen LogP contribution in [0.4, 0.5) is 4.39 Å². The lowest BCUT2D eigenvalue weighted by atomic mass is 10.1. The molecule has 0 amide bonds. The number of rotatable bonds is 3. The summed E-state index contributed by atoms with van der Waals surface area (Å²) in [5, 5.41) is 3.58. The van der Waals surface area contributed by atoms with Gasteiger partial charge in [0.05, 0.1) is 0 Å². The van der Waals surface area contributed by atoms with Crippen LogP contribution in [-0.2, 0) is 6.54 Å². The summed E-state index contributed by atoms with van der Waals surface area (Å²) in [6, 6.07) is 5.81. The van der Waals surface area contributed by atoms with Crippen molar-refractivity contribution in [1.29, 1.82) is 0 Å². The zero-order valence-electron chi connectivity index (χ0n) is 10.3. The SMILES string of the molecule is Fc1ccc(Br)cc1CN1CCNC(C2CC2)C1. The molecule has 2 fully saturated rings. The number of nitrogens with one attached hydrogen (secondary N) is 1. The number of hydrogen-bond donors (Lipinski definition) is 1. The second kappa shape index (κ2) is 5.27. The van der Waals surface area contributed by atoms with Crippen molar-refractivity contribution in [3.05, 3.63) is 34.1 Å². The van der Waals surface area contributed by atoms with Gasteiger partial charge in [-0.15, -0.1) is 0 Å². The standard InChI is InChI=1S/C14H18BrFN2/c15-12-3-4-13(16)11(7-12)8-18-6-5-17-14(9-18)10-1-2-10/h3-4,7,10,14,17H,1-2,5-6,8-9H2. The van der Waals surface area contributed by atoms with Crippen LogP contribution in [0.25, 0.3) is 0 Å². The van der Waals surface area contributed by atoms with Gasteiger partial charge in [-0.1, -0.05) is 15.9 Å². The molecule has 3 rings (SSSR count). The molecule has 1 saturated heterocycles. The number of halogens is 2. The van der Waals surface area contributed by atoms with E-state index >= 15 is 0 Å². The normalized spacial score (nSPS) is 25.3. The van der Waals surface area contributed by atoms with Crippen molar-refractivity contribution in [1.82, 2.24) is 10.2 Å². The van der Waals surface area contributed by atoms with Gasteiger partial charge < -0.3 is 5.32 Å². The fraction of sp³-hybridized carbons (Fsp3) is 0.571. The second-order valence-corrected chi connectivity index (χ2v) is 6.28. The van der Waals surface area contributed by atoms with E-state index in [-0.39, 0.29) is 5.82 Å². The lowest BCUT2D eigenvalue weighted by Crippen LogP contribution is -2.51. The van der Waals surface area contributed by atoms with Gasteiger partial charge in [-0.05, 0) is 37.0 Å². The highest BCUT2D eigenvalue weighted by atomic mass is 79.9. The Kier molecular flexibility index (Phi) is 3.68. The second-order valence-electron chi connectivity index (χ2n) is 5.37. The number of benzene rings is 1. The van der Waals surface area contributed by atoms with Gasteiger partial charge in [0.15, 0.2) is 0 Å². The molecule has 1 aromatic rings. The lowest BCUT2D eigenvalue weighted by molar-refractivity contribution is 0.180. The van der Waals surface area contributed by atoms with Crippen LogP contribution in [0, 0.1) is 11.7 Å². The van der Waals surface area contributed by atoms with Gasteiger partial charge >= 0.3 is 0 Å². The first-order valence-electron chi connectivity index (χ1n) is 6.62. The molecule has 0 spiro atoms. The first-order chi connectivity index (χ1) is 8.72. The van der Waals surface area contributed by atoms with E-state index in [0.717, 1.165) is 42.1 Å². The molecule has 2 aliphatic rings. The van der Waals surface area contributed by atoms with Crippen molar-refractivity contribution >= 4 is 15.9 Å². The summed E-state index contributed by atoms with van der Waals surface area (Å²) in [5.41, 5.74) is 0.792. The molecular formula is C14H18BrFN2. The molecule has 0 radical (unpaired) electrons. The van der Waals surface area contributed by atoms with Gasteiger partial charge in [-0.2, -0.15) is 0 Å². The Bertz CT molecular complexity index is 434. The smallest absolute Gasteiger partial charge is 0.127 e. The van der Waals surface area contributed by atoms with Crippen molar-refractivity contribution < 1.29 is 4.39 Å².